The third kappa shape index (κ3) is 11.0. The Labute approximate surface area is 82.8 Å². The molecule has 3 nitrogen and oxygen atoms in total. The Morgan fingerprint density at radius 2 is 2.30 bits per heavy atom. The van der Waals surface area contributed by atoms with Gasteiger partial charge >= 0.3 is 29.6 Å². The van der Waals surface area contributed by atoms with E-state index < -0.39 is 5.97 Å². The van der Waals surface area contributed by atoms with Crippen molar-refractivity contribution in [3.05, 3.63) is 12.7 Å². The van der Waals surface area contributed by atoms with Crippen molar-refractivity contribution in [2.24, 2.45) is 0 Å². The van der Waals surface area contributed by atoms with E-state index in [0.29, 0.717) is 13.1 Å². The first kappa shape index (κ1) is 12.8. The minimum atomic E-state index is -1.02. The van der Waals surface area contributed by atoms with Crippen molar-refractivity contribution >= 4 is 5.97 Å². The van der Waals surface area contributed by atoms with Gasteiger partial charge in [-0.25, -0.2) is 0 Å². The van der Waals surface area contributed by atoms with Gasteiger partial charge in [-0.05, 0) is 6.42 Å². The molecular weight excluding hydrogens is 141 g/mol. The van der Waals surface area contributed by atoms with Crippen LogP contribution in [0.2, 0.25) is 0 Å². The van der Waals surface area contributed by atoms with Gasteiger partial charge in [-0.1, -0.05) is 6.08 Å². The quantitative estimate of drug-likeness (QED) is 0.247. The number of carbonyl (C=O) groups excluding carboxylic acids is 1. The standard InChI is InChI=1S/C6H11NO2.Na/c1-2-4-7-5-3-6(8)9;/h2,7H,1,3-5H2,(H,8,9);/q;+1/p-1. The van der Waals surface area contributed by atoms with Crippen molar-refractivity contribution in [1.82, 2.24) is 5.32 Å². The van der Waals surface area contributed by atoms with E-state index in [1.165, 1.54) is 0 Å². The Hall–Kier alpha value is 0.170. The maximum Gasteiger partial charge on any atom is 1.00 e. The molecule has 0 rings (SSSR count). The third-order valence-corrected chi connectivity index (χ3v) is 0.795. The van der Waals surface area contributed by atoms with Crippen LogP contribution in [0.15, 0.2) is 12.7 Å². The molecule has 0 saturated heterocycles. The largest absolute Gasteiger partial charge is 1.00 e. The summed E-state index contributed by atoms with van der Waals surface area (Å²) in [5.74, 6) is -1.02. The first-order valence-electron chi connectivity index (χ1n) is 2.79. The summed E-state index contributed by atoms with van der Waals surface area (Å²) < 4.78 is 0. The van der Waals surface area contributed by atoms with Crippen molar-refractivity contribution in [2.75, 3.05) is 13.1 Å². The third-order valence-electron chi connectivity index (χ3n) is 0.795. The average molecular weight is 151 g/mol. The van der Waals surface area contributed by atoms with Crippen LogP contribution in [0.5, 0.6) is 0 Å². The van der Waals surface area contributed by atoms with Crippen molar-refractivity contribution in [1.29, 1.82) is 0 Å². The van der Waals surface area contributed by atoms with Gasteiger partial charge in [0.15, 0.2) is 0 Å². The molecule has 0 aromatic heterocycles. The molecule has 0 saturated carbocycles. The van der Waals surface area contributed by atoms with Crippen molar-refractivity contribution < 1.29 is 39.5 Å². The Morgan fingerprint density at radius 3 is 2.70 bits per heavy atom. The van der Waals surface area contributed by atoms with Gasteiger partial charge in [-0.15, -0.1) is 6.58 Å². The van der Waals surface area contributed by atoms with Gasteiger partial charge in [0.2, 0.25) is 0 Å². The van der Waals surface area contributed by atoms with Crippen LogP contribution in [0.4, 0.5) is 0 Å². The number of carbonyl (C=O) groups is 1. The second-order valence-electron chi connectivity index (χ2n) is 1.61. The second-order valence-corrected chi connectivity index (χ2v) is 1.61. The minimum Gasteiger partial charge on any atom is -0.550 e. The van der Waals surface area contributed by atoms with E-state index in [4.69, 9.17) is 0 Å². The van der Waals surface area contributed by atoms with Gasteiger partial charge in [0, 0.05) is 19.1 Å². The fraction of sp³-hybridized carbons (Fsp3) is 0.500. The molecule has 0 heterocycles. The zero-order chi connectivity index (χ0) is 7.11. The molecule has 0 aliphatic carbocycles. The number of carboxylic acid groups (broad SMARTS) is 1. The van der Waals surface area contributed by atoms with E-state index >= 15 is 0 Å². The number of aliphatic carboxylic acids is 1. The van der Waals surface area contributed by atoms with E-state index in [1.54, 1.807) is 6.08 Å². The van der Waals surface area contributed by atoms with Gasteiger partial charge in [-0.2, -0.15) is 0 Å². The zero-order valence-corrected chi connectivity index (χ0v) is 8.22. The van der Waals surface area contributed by atoms with Crippen LogP contribution in [-0.2, 0) is 4.79 Å². The maximum atomic E-state index is 9.79. The molecule has 0 aromatic carbocycles. The maximum absolute atomic E-state index is 9.79. The molecule has 0 bridgehead atoms. The van der Waals surface area contributed by atoms with Crippen LogP contribution in [0.3, 0.4) is 0 Å². The number of hydrogen-bond acceptors (Lipinski definition) is 3. The minimum absolute atomic E-state index is 0. The second kappa shape index (κ2) is 9.17. The predicted molar refractivity (Wildman–Crippen MR) is 32.7 cm³/mol. The summed E-state index contributed by atoms with van der Waals surface area (Å²) in [6, 6.07) is 0. The van der Waals surface area contributed by atoms with Crippen LogP contribution in [-0.4, -0.2) is 19.1 Å². The van der Waals surface area contributed by atoms with Crippen LogP contribution in [0.1, 0.15) is 6.42 Å². The summed E-state index contributed by atoms with van der Waals surface area (Å²) in [6.07, 6.45) is 1.74. The van der Waals surface area contributed by atoms with Crippen molar-refractivity contribution in [3.8, 4) is 0 Å². The van der Waals surface area contributed by atoms with Gasteiger partial charge in [0.05, 0.1) is 0 Å². The fourth-order valence-corrected chi connectivity index (χ4v) is 0.395. The molecule has 0 atom stereocenters. The van der Waals surface area contributed by atoms with Crippen LogP contribution >= 0.6 is 0 Å². The molecule has 0 aromatic rings. The molecule has 52 valence electrons. The van der Waals surface area contributed by atoms with Gasteiger partial charge in [0.25, 0.3) is 0 Å². The number of rotatable bonds is 5. The van der Waals surface area contributed by atoms with E-state index in [0.717, 1.165) is 0 Å². The molecule has 0 unspecified atom stereocenters. The zero-order valence-electron chi connectivity index (χ0n) is 6.22. The molecule has 0 aliphatic heterocycles. The van der Waals surface area contributed by atoms with Crippen molar-refractivity contribution in [2.45, 2.75) is 6.42 Å². The summed E-state index contributed by atoms with van der Waals surface area (Å²) in [4.78, 5) is 9.79. The van der Waals surface area contributed by atoms with E-state index in [1.807, 2.05) is 0 Å². The van der Waals surface area contributed by atoms with Crippen LogP contribution < -0.4 is 40.0 Å². The summed E-state index contributed by atoms with van der Waals surface area (Å²) >= 11 is 0. The Bertz CT molecular complexity index is 106. The summed E-state index contributed by atoms with van der Waals surface area (Å²) in [7, 11) is 0. The Kier molecular flexibility index (Phi) is 11.7. The summed E-state index contributed by atoms with van der Waals surface area (Å²) in [6.45, 7) is 4.55. The topological polar surface area (TPSA) is 52.2 Å². The molecule has 1 N–H and O–H groups in total. The fourth-order valence-electron chi connectivity index (χ4n) is 0.395. The molecule has 0 aliphatic rings. The van der Waals surface area contributed by atoms with Gasteiger partial charge in [-0.3, -0.25) is 0 Å². The first-order valence-corrected chi connectivity index (χ1v) is 2.79. The van der Waals surface area contributed by atoms with Crippen LogP contribution in [0.25, 0.3) is 0 Å². The summed E-state index contributed by atoms with van der Waals surface area (Å²) in [5.41, 5.74) is 0. The van der Waals surface area contributed by atoms with E-state index in [-0.39, 0.29) is 36.0 Å². The average Bonchev–Trinajstić information content (AvgIpc) is 1.80. The normalized spacial score (nSPS) is 8.00. The SMILES string of the molecule is C=CCNCCC(=O)[O-].[Na+]. The molecule has 4 heteroatoms. The predicted octanol–water partition coefficient (Wildman–Crippen LogP) is -4.09. The Balaban J connectivity index is 0. The molecule has 0 radical (unpaired) electrons. The molecular formula is C6H10NNaO2. The smallest absolute Gasteiger partial charge is 0.550 e. The molecule has 0 amide bonds. The number of hydrogen-bond donors (Lipinski definition) is 1. The molecule has 0 fully saturated rings. The number of nitrogens with one attached hydrogen (secondary N) is 1. The van der Waals surface area contributed by atoms with Gasteiger partial charge in [0.1, 0.15) is 0 Å². The summed E-state index contributed by atoms with van der Waals surface area (Å²) in [5, 5.41) is 12.6. The molecule has 10 heavy (non-hydrogen) atoms. The first-order chi connectivity index (χ1) is 4.27. The van der Waals surface area contributed by atoms with Crippen molar-refractivity contribution in [3.63, 3.8) is 0 Å². The monoisotopic (exact) mass is 151 g/mol. The van der Waals surface area contributed by atoms with E-state index in [2.05, 4.69) is 11.9 Å². The van der Waals surface area contributed by atoms with Crippen LogP contribution in [0, 0.1) is 0 Å². The van der Waals surface area contributed by atoms with E-state index in [9.17, 15) is 9.90 Å². The Morgan fingerprint density at radius 1 is 1.70 bits per heavy atom. The van der Waals surface area contributed by atoms with Gasteiger partial charge < -0.3 is 15.2 Å². The molecule has 0 spiro atoms. The number of carboxylic acids is 1.